The number of nitrogens with one attached hydrogen (secondary N) is 1. The summed E-state index contributed by atoms with van der Waals surface area (Å²) in [7, 11) is 0. The Morgan fingerprint density at radius 1 is 1.53 bits per heavy atom. The summed E-state index contributed by atoms with van der Waals surface area (Å²) in [6.07, 6.45) is 2.96. The first-order valence-corrected chi connectivity index (χ1v) is 6.24. The van der Waals surface area contributed by atoms with Crippen LogP contribution in [0.3, 0.4) is 0 Å². The Kier molecular flexibility index (Phi) is 4.76. The molecule has 0 aromatic carbocycles. The zero-order valence-electron chi connectivity index (χ0n) is 10.3. The highest BCUT2D eigenvalue weighted by atomic mass is 16.5. The Morgan fingerprint density at radius 3 is 3.12 bits per heavy atom. The van der Waals surface area contributed by atoms with Crippen molar-refractivity contribution < 1.29 is 9.47 Å². The van der Waals surface area contributed by atoms with Gasteiger partial charge in [0.1, 0.15) is 0 Å². The molecule has 17 heavy (non-hydrogen) atoms. The number of ether oxygens (including phenoxy) is 2. The van der Waals surface area contributed by atoms with E-state index in [2.05, 4.69) is 23.3 Å². The number of rotatable bonds is 6. The Labute approximate surface area is 102 Å². The highest BCUT2D eigenvalue weighted by Crippen LogP contribution is 2.14. The fourth-order valence-electron chi connectivity index (χ4n) is 1.79. The molecule has 1 N–H and O–H groups in total. The lowest BCUT2D eigenvalue weighted by molar-refractivity contribution is 0.165. The lowest BCUT2D eigenvalue weighted by Gasteiger charge is -2.09. The van der Waals surface area contributed by atoms with Crippen molar-refractivity contribution in [2.45, 2.75) is 19.9 Å². The van der Waals surface area contributed by atoms with Crippen LogP contribution < -0.4 is 10.1 Å². The van der Waals surface area contributed by atoms with Crippen molar-refractivity contribution in [3.63, 3.8) is 0 Å². The van der Waals surface area contributed by atoms with Gasteiger partial charge in [0, 0.05) is 31.3 Å². The summed E-state index contributed by atoms with van der Waals surface area (Å²) in [5.74, 6) is 1.23. The smallest absolute Gasteiger partial charge is 0.213 e. The number of pyridine rings is 1. The lowest BCUT2D eigenvalue weighted by atomic mass is 10.1. The summed E-state index contributed by atoms with van der Waals surface area (Å²) in [4.78, 5) is 4.29. The third-order valence-corrected chi connectivity index (χ3v) is 2.87. The maximum absolute atomic E-state index is 5.64. The molecule has 4 heteroatoms. The first-order chi connectivity index (χ1) is 8.38. The molecule has 0 amide bonds. The molecule has 2 rings (SSSR count). The van der Waals surface area contributed by atoms with Crippen LogP contribution in [0, 0.1) is 5.92 Å². The van der Waals surface area contributed by atoms with Crippen molar-refractivity contribution in [3.8, 4) is 5.88 Å². The minimum Gasteiger partial charge on any atom is -0.477 e. The molecule has 1 atom stereocenters. The highest BCUT2D eigenvalue weighted by molar-refractivity contribution is 5.17. The molecule has 0 spiro atoms. The molecular formula is C13H20N2O2. The monoisotopic (exact) mass is 236 g/mol. The maximum atomic E-state index is 5.64. The van der Waals surface area contributed by atoms with Gasteiger partial charge in [-0.15, -0.1) is 0 Å². The molecule has 94 valence electrons. The van der Waals surface area contributed by atoms with Gasteiger partial charge in [-0.1, -0.05) is 13.0 Å². The van der Waals surface area contributed by atoms with Crippen molar-refractivity contribution in [1.29, 1.82) is 0 Å². The number of hydrogen-bond acceptors (Lipinski definition) is 4. The summed E-state index contributed by atoms with van der Waals surface area (Å²) in [6.45, 7) is 6.32. The second-order valence-corrected chi connectivity index (χ2v) is 4.33. The van der Waals surface area contributed by atoms with Gasteiger partial charge in [-0.3, -0.25) is 0 Å². The summed E-state index contributed by atoms with van der Waals surface area (Å²) in [5, 5.41) is 3.26. The molecule has 1 aliphatic heterocycles. The van der Waals surface area contributed by atoms with Gasteiger partial charge >= 0.3 is 0 Å². The van der Waals surface area contributed by atoms with Gasteiger partial charge in [0.05, 0.1) is 13.2 Å². The van der Waals surface area contributed by atoms with E-state index in [1.54, 1.807) is 0 Å². The van der Waals surface area contributed by atoms with Crippen molar-refractivity contribution in [1.82, 2.24) is 10.3 Å². The number of hydrogen-bond donors (Lipinski definition) is 1. The molecule has 1 fully saturated rings. The Morgan fingerprint density at radius 2 is 2.47 bits per heavy atom. The van der Waals surface area contributed by atoms with Gasteiger partial charge in [0.15, 0.2) is 0 Å². The fourth-order valence-corrected chi connectivity index (χ4v) is 1.79. The summed E-state index contributed by atoms with van der Waals surface area (Å²) in [5.41, 5.74) is 1.18. The molecule has 2 heterocycles. The molecule has 1 saturated heterocycles. The van der Waals surface area contributed by atoms with Crippen molar-refractivity contribution in [3.05, 3.63) is 23.9 Å². The van der Waals surface area contributed by atoms with Crippen molar-refractivity contribution >= 4 is 0 Å². The predicted molar refractivity (Wildman–Crippen MR) is 66.0 cm³/mol. The molecule has 0 bridgehead atoms. The van der Waals surface area contributed by atoms with Crippen LogP contribution in [0.25, 0.3) is 0 Å². The standard InChI is InChI=1S/C13H20N2O2/c1-2-14-7-11-3-4-13(15-8-11)17-10-12-5-6-16-9-12/h3-4,8,12,14H,2,5-7,9-10H2,1H3. The molecule has 1 aliphatic rings. The zero-order valence-corrected chi connectivity index (χ0v) is 10.3. The van der Waals surface area contributed by atoms with E-state index in [1.807, 2.05) is 12.3 Å². The second-order valence-electron chi connectivity index (χ2n) is 4.33. The van der Waals surface area contributed by atoms with E-state index in [0.29, 0.717) is 18.4 Å². The Bertz CT molecular complexity index is 321. The molecule has 0 aliphatic carbocycles. The molecule has 0 radical (unpaired) electrons. The molecular weight excluding hydrogens is 216 g/mol. The third-order valence-electron chi connectivity index (χ3n) is 2.87. The predicted octanol–water partition coefficient (Wildman–Crippen LogP) is 1.61. The van der Waals surface area contributed by atoms with Crippen LogP contribution >= 0.6 is 0 Å². The second kappa shape index (κ2) is 6.57. The van der Waals surface area contributed by atoms with Crippen LogP contribution in [0.1, 0.15) is 18.9 Å². The van der Waals surface area contributed by atoms with Crippen LogP contribution in [-0.4, -0.2) is 31.3 Å². The van der Waals surface area contributed by atoms with Gasteiger partial charge in [0.2, 0.25) is 5.88 Å². The average Bonchev–Trinajstić information content (AvgIpc) is 2.88. The molecule has 1 aromatic rings. The molecule has 1 aromatic heterocycles. The Balaban J connectivity index is 1.76. The highest BCUT2D eigenvalue weighted by Gasteiger charge is 2.16. The SMILES string of the molecule is CCNCc1ccc(OCC2CCOC2)nc1. The van der Waals surface area contributed by atoms with E-state index in [0.717, 1.165) is 32.7 Å². The molecule has 1 unspecified atom stereocenters. The minimum atomic E-state index is 0.526. The van der Waals surface area contributed by atoms with E-state index < -0.39 is 0 Å². The lowest BCUT2D eigenvalue weighted by Crippen LogP contribution is -2.13. The first kappa shape index (κ1) is 12.3. The van der Waals surface area contributed by atoms with Crippen molar-refractivity contribution in [2.75, 3.05) is 26.4 Å². The van der Waals surface area contributed by atoms with Gasteiger partial charge < -0.3 is 14.8 Å². The van der Waals surface area contributed by atoms with E-state index >= 15 is 0 Å². The first-order valence-electron chi connectivity index (χ1n) is 6.24. The number of nitrogens with zero attached hydrogens (tertiary/aromatic N) is 1. The van der Waals surface area contributed by atoms with Gasteiger partial charge in [-0.2, -0.15) is 0 Å². The Hall–Kier alpha value is -1.13. The largest absolute Gasteiger partial charge is 0.477 e. The maximum Gasteiger partial charge on any atom is 0.213 e. The third kappa shape index (κ3) is 3.98. The molecule has 0 saturated carbocycles. The minimum absolute atomic E-state index is 0.526. The average molecular weight is 236 g/mol. The van der Waals surface area contributed by atoms with Crippen molar-refractivity contribution in [2.24, 2.45) is 5.92 Å². The summed E-state index contributed by atoms with van der Waals surface area (Å²) < 4.78 is 10.9. The van der Waals surface area contributed by atoms with E-state index in [4.69, 9.17) is 9.47 Å². The van der Waals surface area contributed by atoms with E-state index in [1.165, 1.54) is 5.56 Å². The summed E-state index contributed by atoms with van der Waals surface area (Å²) in [6, 6.07) is 3.98. The van der Waals surface area contributed by atoms with Crippen LogP contribution in [0.4, 0.5) is 0 Å². The van der Waals surface area contributed by atoms with E-state index in [9.17, 15) is 0 Å². The number of aromatic nitrogens is 1. The van der Waals surface area contributed by atoms with Gasteiger partial charge in [-0.25, -0.2) is 4.98 Å². The van der Waals surface area contributed by atoms with E-state index in [-0.39, 0.29) is 0 Å². The molecule has 4 nitrogen and oxygen atoms in total. The van der Waals surface area contributed by atoms with Gasteiger partial charge in [0.25, 0.3) is 0 Å². The quantitative estimate of drug-likeness (QED) is 0.815. The fraction of sp³-hybridized carbons (Fsp3) is 0.615. The normalized spacial score (nSPS) is 19.5. The van der Waals surface area contributed by atoms with Crippen LogP contribution in [0.15, 0.2) is 18.3 Å². The zero-order chi connectivity index (χ0) is 11.9. The van der Waals surface area contributed by atoms with Crippen LogP contribution in [0.2, 0.25) is 0 Å². The van der Waals surface area contributed by atoms with Gasteiger partial charge in [-0.05, 0) is 18.5 Å². The van der Waals surface area contributed by atoms with Crippen LogP contribution in [0.5, 0.6) is 5.88 Å². The summed E-state index contributed by atoms with van der Waals surface area (Å²) >= 11 is 0. The van der Waals surface area contributed by atoms with Crippen LogP contribution in [-0.2, 0) is 11.3 Å². The topological polar surface area (TPSA) is 43.4 Å².